The van der Waals surface area contributed by atoms with Crippen molar-refractivity contribution in [3.8, 4) is 16.9 Å². The Morgan fingerprint density at radius 2 is 1.84 bits per heavy atom. The SMILES string of the molecule is CCCN(CC(=O)Nc1cc(-c2ccccc2)nn1-c1ccc(F)cc1)C(=O)C1CCC1. The third-order valence-corrected chi connectivity index (χ3v) is 5.71. The maximum atomic E-state index is 13.4. The molecule has 2 aromatic carbocycles. The summed E-state index contributed by atoms with van der Waals surface area (Å²) >= 11 is 0. The summed E-state index contributed by atoms with van der Waals surface area (Å²) in [6, 6.07) is 17.3. The zero-order chi connectivity index (χ0) is 22.5. The zero-order valence-corrected chi connectivity index (χ0v) is 18.1. The van der Waals surface area contributed by atoms with Gasteiger partial charge in [-0.2, -0.15) is 5.10 Å². The molecular weight excluding hydrogens is 407 g/mol. The highest BCUT2D eigenvalue weighted by Crippen LogP contribution is 2.28. The smallest absolute Gasteiger partial charge is 0.245 e. The minimum atomic E-state index is -0.348. The van der Waals surface area contributed by atoms with Crippen LogP contribution in [0.15, 0.2) is 60.7 Å². The monoisotopic (exact) mass is 434 g/mol. The van der Waals surface area contributed by atoms with Gasteiger partial charge in [0.25, 0.3) is 0 Å². The molecule has 7 heteroatoms. The Labute approximate surface area is 187 Å². The molecule has 32 heavy (non-hydrogen) atoms. The molecule has 1 N–H and O–H groups in total. The standard InChI is InChI=1S/C25H27FN4O2/c1-2-15-29(25(32)19-9-6-10-19)17-24(31)27-23-16-22(18-7-4-3-5-8-18)28-30(23)21-13-11-20(26)12-14-21/h3-5,7-8,11-14,16,19H,2,6,9-10,15,17H2,1H3,(H,27,31). The van der Waals surface area contributed by atoms with E-state index in [9.17, 15) is 14.0 Å². The van der Waals surface area contributed by atoms with Crippen molar-refractivity contribution in [2.24, 2.45) is 5.92 Å². The molecular formula is C25H27FN4O2. The van der Waals surface area contributed by atoms with Gasteiger partial charge < -0.3 is 10.2 Å². The van der Waals surface area contributed by atoms with Crippen molar-refractivity contribution < 1.29 is 14.0 Å². The number of carbonyl (C=O) groups is 2. The van der Waals surface area contributed by atoms with Gasteiger partial charge in [0.2, 0.25) is 11.8 Å². The third-order valence-electron chi connectivity index (χ3n) is 5.71. The van der Waals surface area contributed by atoms with Crippen molar-refractivity contribution in [2.75, 3.05) is 18.4 Å². The van der Waals surface area contributed by atoms with Gasteiger partial charge in [0, 0.05) is 24.1 Å². The van der Waals surface area contributed by atoms with Gasteiger partial charge in [-0.15, -0.1) is 0 Å². The van der Waals surface area contributed by atoms with Gasteiger partial charge in [-0.05, 0) is 43.5 Å². The average molecular weight is 435 g/mol. The van der Waals surface area contributed by atoms with Gasteiger partial charge in [-0.3, -0.25) is 9.59 Å². The Bertz CT molecular complexity index is 1080. The third kappa shape index (κ3) is 4.88. The van der Waals surface area contributed by atoms with Crippen molar-refractivity contribution in [1.29, 1.82) is 0 Å². The van der Waals surface area contributed by atoms with E-state index in [-0.39, 0.29) is 30.1 Å². The first-order chi connectivity index (χ1) is 15.5. The molecule has 0 radical (unpaired) electrons. The molecule has 1 aromatic heterocycles. The number of rotatable bonds is 8. The highest BCUT2D eigenvalue weighted by Gasteiger charge is 2.30. The van der Waals surface area contributed by atoms with E-state index < -0.39 is 0 Å². The number of amides is 2. The molecule has 1 heterocycles. The Kier molecular flexibility index (Phi) is 6.63. The summed E-state index contributed by atoms with van der Waals surface area (Å²) in [5, 5.41) is 7.54. The quantitative estimate of drug-likeness (QED) is 0.561. The molecule has 166 valence electrons. The van der Waals surface area contributed by atoms with Crippen LogP contribution in [0.3, 0.4) is 0 Å². The first-order valence-corrected chi connectivity index (χ1v) is 11.0. The summed E-state index contributed by atoms with van der Waals surface area (Å²) in [4.78, 5) is 27.3. The molecule has 0 unspecified atom stereocenters. The summed E-state index contributed by atoms with van der Waals surface area (Å²) in [7, 11) is 0. The lowest BCUT2D eigenvalue weighted by Crippen LogP contribution is -2.43. The van der Waals surface area contributed by atoms with Gasteiger partial charge in [-0.1, -0.05) is 43.7 Å². The maximum absolute atomic E-state index is 13.4. The van der Waals surface area contributed by atoms with Crippen LogP contribution in [-0.2, 0) is 9.59 Å². The predicted molar refractivity (Wildman–Crippen MR) is 122 cm³/mol. The normalized spacial score (nSPS) is 13.4. The second kappa shape index (κ2) is 9.77. The van der Waals surface area contributed by atoms with E-state index in [1.165, 1.54) is 12.1 Å². The zero-order valence-electron chi connectivity index (χ0n) is 18.1. The van der Waals surface area contributed by atoms with E-state index in [1.807, 2.05) is 37.3 Å². The van der Waals surface area contributed by atoms with Gasteiger partial charge in [0.1, 0.15) is 11.6 Å². The van der Waals surface area contributed by atoms with Gasteiger partial charge in [0.05, 0.1) is 17.9 Å². The van der Waals surface area contributed by atoms with Gasteiger partial charge >= 0.3 is 0 Å². The molecule has 1 saturated carbocycles. The lowest BCUT2D eigenvalue weighted by molar-refractivity contribution is -0.140. The molecule has 1 fully saturated rings. The number of halogens is 1. The van der Waals surface area contributed by atoms with E-state index in [0.717, 1.165) is 31.2 Å². The fourth-order valence-corrected chi connectivity index (χ4v) is 3.81. The molecule has 0 bridgehead atoms. The fourth-order valence-electron chi connectivity index (χ4n) is 3.81. The summed E-state index contributed by atoms with van der Waals surface area (Å²) in [5.41, 5.74) is 2.21. The van der Waals surface area contributed by atoms with Crippen LogP contribution >= 0.6 is 0 Å². The Morgan fingerprint density at radius 3 is 2.47 bits per heavy atom. The predicted octanol–water partition coefficient (Wildman–Crippen LogP) is 4.66. The maximum Gasteiger partial charge on any atom is 0.245 e. The number of hydrogen-bond acceptors (Lipinski definition) is 3. The number of anilines is 1. The van der Waals surface area contributed by atoms with E-state index >= 15 is 0 Å². The molecule has 0 aliphatic heterocycles. The van der Waals surface area contributed by atoms with Crippen molar-refractivity contribution >= 4 is 17.6 Å². The molecule has 0 saturated heterocycles. The van der Waals surface area contributed by atoms with Crippen LogP contribution in [0.4, 0.5) is 10.2 Å². The molecule has 1 aliphatic carbocycles. The lowest BCUT2D eigenvalue weighted by Gasteiger charge is -2.31. The van der Waals surface area contributed by atoms with E-state index in [4.69, 9.17) is 0 Å². The summed E-state index contributed by atoms with van der Waals surface area (Å²) in [6.45, 7) is 2.54. The van der Waals surface area contributed by atoms with Crippen molar-refractivity contribution in [3.05, 3.63) is 66.5 Å². The van der Waals surface area contributed by atoms with Crippen LogP contribution in [0.1, 0.15) is 32.6 Å². The fraction of sp³-hybridized carbons (Fsp3) is 0.320. The summed E-state index contributed by atoms with van der Waals surface area (Å²) < 4.78 is 15.0. The number of aromatic nitrogens is 2. The van der Waals surface area contributed by atoms with Crippen LogP contribution < -0.4 is 5.32 Å². The number of hydrogen-bond donors (Lipinski definition) is 1. The Balaban J connectivity index is 1.58. The number of benzene rings is 2. The van der Waals surface area contributed by atoms with Crippen LogP contribution in [0.2, 0.25) is 0 Å². The first kappa shape index (κ1) is 21.7. The Morgan fingerprint density at radius 1 is 1.12 bits per heavy atom. The van der Waals surface area contributed by atoms with E-state index in [1.54, 1.807) is 27.8 Å². The lowest BCUT2D eigenvalue weighted by atomic mass is 9.84. The minimum absolute atomic E-state index is 0.00155. The topological polar surface area (TPSA) is 67.2 Å². The van der Waals surface area contributed by atoms with Crippen LogP contribution in [0, 0.1) is 11.7 Å². The Hall–Kier alpha value is -3.48. The second-order valence-electron chi connectivity index (χ2n) is 8.10. The molecule has 0 atom stereocenters. The average Bonchev–Trinajstić information content (AvgIpc) is 3.17. The number of nitrogens with zero attached hydrogens (tertiary/aromatic N) is 3. The summed E-state index contributed by atoms with van der Waals surface area (Å²) in [6.07, 6.45) is 3.66. The molecule has 3 aromatic rings. The van der Waals surface area contributed by atoms with Crippen LogP contribution in [0.25, 0.3) is 16.9 Å². The van der Waals surface area contributed by atoms with Crippen molar-refractivity contribution in [2.45, 2.75) is 32.6 Å². The van der Waals surface area contributed by atoms with Crippen molar-refractivity contribution in [1.82, 2.24) is 14.7 Å². The molecule has 0 spiro atoms. The van der Waals surface area contributed by atoms with Crippen LogP contribution in [0.5, 0.6) is 0 Å². The second-order valence-corrected chi connectivity index (χ2v) is 8.10. The molecule has 4 rings (SSSR count). The largest absolute Gasteiger partial charge is 0.333 e. The summed E-state index contributed by atoms with van der Waals surface area (Å²) in [5.74, 6) is -0.0597. The first-order valence-electron chi connectivity index (χ1n) is 11.0. The van der Waals surface area contributed by atoms with Crippen molar-refractivity contribution in [3.63, 3.8) is 0 Å². The number of nitrogens with one attached hydrogen (secondary N) is 1. The van der Waals surface area contributed by atoms with Crippen LogP contribution in [-0.4, -0.2) is 39.6 Å². The molecule has 6 nitrogen and oxygen atoms in total. The minimum Gasteiger partial charge on any atom is -0.333 e. The van der Waals surface area contributed by atoms with Gasteiger partial charge in [0.15, 0.2) is 0 Å². The van der Waals surface area contributed by atoms with E-state index in [0.29, 0.717) is 23.7 Å². The van der Waals surface area contributed by atoms with Gasteiger partial charge in [-0.25, -0.2) is 9.07 Å². The molecule has 2 amide bonds. The number of carbonyl (C=O) groups excluding carboxylic acids is 2. The molecule has 1 aliphatic rings. The highest BCUT2D eigenvalue weighted by atomic mass is 19.1. The van der Waals surface area contributed by atoms with E-state index in [2.05, 4.69) is 10.4 Å². The highest BCUT2D eigenvalue weighted by molar-refractivity contribution is 5.95.